The average Bonchev–Trinajstić information content (AvgIpc) is 2.98. The zero-order valence-electron chi connectivity index (χ0n) is 20.7. The Morgan fingerprint density at radius 2 is 0.947 bits per heavy atom. The van der Waals surface area contributed by atoms with Gasteiger partial charge in [-0.15, -0.1) is 0 Å². The molecule has 1 aromatic heterocycles. The van der Waals surface area contributed by atoms with E-state index >= 15 is 0 Å². The molecule has 0 bridgehead atoms. The fraction of sp³-hybridized carbons (Fsp3) is 0.357. The molecule has 2 saturated heterocycles. The number of morpholine rings is 2. The predicted molar refractivity (Wildman–Crippen MR) is 143 cm³/mol. The van der Waals surface area contributed by atoms with E-state index < -0.39 is 11.1 Å². The minimum absolute atomic E-state index is 0.470. The van der Waals surface area contributed by atoms with Gasteiger partial charge in [-0.05, 0) is 47.5 Å². The summed E-state index contributed by atoms with van der Waals surface area (Å²) in [5.41, 5.74) is 0.0235. The van der Waals surface area contributed by atoms with Gasteiger partial charge in [0.1, 0.15) is 11.4 Å². The number of hydrogen-bond acceptors (Lipinski definition) is 8. The van der Waals surface area contributed by atoms with Gasteiger partial charge in [0.05, 0.1) is 38.6 Å². The van der Waals surface area contributed by atoms with E-state index in [0.29, 0.717) is 74.0 Å². The summed E-state index contributed by atoms with van der Waals surface area (Å²) in [6.45, 7) is 4.25. The zero-order chi connectivity index (χ0) is 26.6. The van der Waals surface area contributed by atoms with Crippen LogP contribution in [0.25, 0.3) is 0 Å². The molecule has 10 heteroatoms. The second kappa shape index (κ2) is 11.3. The summed E-state index contributed by atoms with van der Waals surface area (Å²) >= 11 is 12.3. The van der Waals surface area contributed by atoms with Crippen LogP contribution >= 0.6 is 23.2 Å². The van der Waals surface area contributed by atoms with Crippen molar-refractivity contribution in [3.63, 3.8) is 0 Å². The molecule has 2 fully saturated rings. The normalized spacial score (nSPS) is 20.0. The first kappa shape index (κ1) is 26.5. The van der Waals surface area contributed by atoms with E-state index in [9.17, 15) is 10.5 Å². The van der Waals surface area contributed by atoms with Gasteiger partial charge in [-0.1, -0.05) is 47.5 Å². The topological polar surface area (TPSA) is 98.3 Å². The molecule has 38 heavy (non-hydrogen) atoms. The van der Waals surface area contributed by atoms with Gasteiger partial charge in [-0.3, -0.25) is 9.80 Å². The van der Waals surface area contributed by atoms with Crippen molar-refractivity contribution in [1.82, 2.24) is 20.0 Å². The molecule has 0 N–H and O–H groups in total. The lowest BCUT2D eigenvalue weighted by Gasteiger charge is -2.42. The molecule has 0 unspecified atom stereocenters. The van der Waals surface area contributed by atoms with E-state index in [2.05, 4.69) is 32.1 Å². The molecular weight excluding hydrogens is 523 g/mol. The highest BCUT2D eigenvalue weighted by atomic mass is 35.5. The van der Waals surface area contributed by atoms with E-state index in [1.807, 2.05) is 24.3 Å². The quantitative estimate of drug-likeness (QED) is 0.456. The first-order valence-corrected chi connectivity index (χ1v) is 13.1. The van der Waals surface area contributed by atoms with Crippen LogP contribution in [0.2, 0.25) is 10.0 Å². The maximum atomic E-state index is 10.7. The second-order valence-corrected chi connectivity index (χ2v) is 10.0. The maximum Gasteiger partial charge on any atom is 0.179 e. The summed E-state index contributed by atoms with van der Waals surface area (Å²) in [6, 6.07) is 23.1. The number of halogens is 2. The third kappa shape index (κ3) is 4.65. The summed E-state index contributed by atoms with van der Waals surface area (Å²) in [7, 11) is 0. The Bertz CT molecular complexity index is 1220. The van der Waals surface area contributed by atoms with E-state index in [1.165, 1.54) is 0 Å². The van der Waals surface area contributed by atoms with Crippen LogP contribution in [0.1, 0.15) is 22.5 Å². The summed E-state index contributed by atoms with van der Waals surface area (Å²) in [4.78, 5) is 4.12. The highest BCUT2D eigenvalue weighted by Gasteiger charge is 2.46. The monoisotopic (exact) mass is 548 g/mol. The molecular formula is C28H26Cl2N6O2. The van der Waals surface area contributed by atoms with Crippen molar-refractivity contribution < 1.29 is 9.47 Å². The van der Waals surface area contributed by atoms with Gasteiger partial charge in [0, 0.05) is 36.2 Å². The van der Waals surface area contributed by atoms with Gasteiger partial charge < -0.3 is 9.47 Å². The molecule has 8 nitrogen and oxygen atoms in total. The van der Waals surface area contributed by atoms with Crippen LogP contribution in [0, 0.1) is 22.7 Å². The molecule has 0 spiro atoms. The number of nitriles is 2. The summed E-state index contributed by atoms with van der Waals surface area (Å²) < 4.78 is 11.1. The first-order chi connectivity index (χ1) is 18.5. The van der Waals surface area contributed by atoms with E-state index in [0.717, 1.165) is 11.1 Å². The number of ether oxygens (including phenoxy) is 2. The van der Waals surface area contributed by atoms with Crippen molar-refractivity contribution in [3.8, 4) is 12.1 Å². The van der Waals surface area contributed by atoms with Gasteiger partial charge in [0.15, 0.2) is 11.1 Å². The van der Waals surface area contributed by atoms with Gasteiger partial charge in [-0.2, -0.15) is 20.7 Å². The lowest BCUT2D eigenvalue weighted by atomic mass is 9.83. The number of aromatic nitrogens is 2. The number of nitrogens with zero attached hydrogens (tertiary/aromatic N) is 6. The third-order valence-electron chi connectivity index (χ3n) is 7.22. The summed E-state index contributed by atoms with van der Waals surface area (Å²) in [6.07, 6.45) is 0. The molecule has 0 aliphatic carbocycles. The Hall–Kier alpha value is -3.08. The summed E-state index contributed by atoms with van der Waals surface area (Å²) in [5.74, 6) is 0. The SMILES string of the molecule is N#C[C@](c1ccc(Cl)cc1)(c1ccc([C@@](C#N)(c2ccc(Cl)cc2)N2CCOCC2)nn1)N1CCOCC1. The molecule has 2 atom stereocenters. The molecule has 2 aliphatic rings. The Labute approximate surface area is 231 Å². The van der Waals surface area contributed by atoms with Crippen molar-refractivity contribution in [2.75, 3.05) is 52.6 Å². The fourth-order valence-electron chi connectivity index (χ4n) is 5.27. The highest BCUT2D eigenvalue weighted by molar-refractivity contribution is 6.30. The standard InChI is InChI=1S/C28H26Cl2N6O2/c29-23-5-1-21(2-6-23)27(19-31,35-11-15-37-16-12-35)25-9-10-26(34-33-25)28(20-32,36-13-17-38-18-14-36)22-3-7-24(30)8-4-22/h1-10H,11-18H2/t27-,28+. The van der Waals surface area contributed by atoms with Gasteiger partial charge in [0.25, 0.3) is 0 Å². The molecule has 0 radical (unpaired) electrons. The largest absolute Gasteiger partial charge is 0.379 e. The second-order valence-electron chi connectivity index (χ2n) is 9.16. The predicted octanol–water partition coefficient (Wildman–Crippen LogP) is 3.98. The fourth-order valence-corrected chi connectivity index (χ4v) is 5.52. The molecule has 0 amide bonds. The number of hydrogen-bond donors (Lipinski definition) is 0. The van der Waals surface area contributed by atoms with E-state index in [-0.39, 0.29) is 0 Å². The van der Waals surface area contributed by atoms with Crippen LogP contribution in [0.15, 0.2) is 60.7 Å². The minimum Gasteiger partial charge on any atom is -0.379 e. The van der Waals surface area contributed by atoms with Crippen molar-refractivity contribution >= 4 is 23.2 Å². The van der Waals surface area contributed by atoms with Crippen molar-refractivity contribution in [2.24, 2.45) is 0 Å². The lowest BCUT2D eigenvalue weighted by molar-refractivity contribution is 0.00358. The van der Waals surface area contributed by atoms with Crippen LogP contribution < -0.4 is 0 Å². The Kier molecular flexibility index (Phi) is 7.92. The molecule has 3 aromatic rings. The molecule has 194 valence electrons. The first-order valence-electron chi connectivity index (χ1n) is 12.4. The van der Waals surface area contributed by atoms with Crippen LogP contribution in [-0.4, -0.2) is 72.6 Å². The summed E-state index contributed by atoms with van der Waals surface area (Å²) in [5, 5.41) is 31.7. The Balaban J connectivity index is 1.64. The Morgan fingerprint density at radius 3 is 1.24 bits per heavy atom. The van der Waals surface area contributed by atoms with Crippen molar-refractivity contribution in [3.05, 3.63) is 93.2 Å². The van der Waals surface area contributed by atoms with E-state index in [4.69, 9.17) is 32.7 Å². The number of benzene rings is 2. The van der Waals surface area contributed by atoms with Crippen molar-refractivity contribution in [2.45, 2.75) is 11.1 Å². The molecule has 2 aliphatic heterocycles. The minimum atomic E-state index is -1.20. The van der Waals surface area contributed by atoms with Crippen LogP contribution in [0.4, 0.5) is 0 Å². The van der Waals surface area contributed by atoms with Gasteiger partial charge in [-0.25, -0.2) is 0 Å². The van der Waals surface area contributed by atoms with E-state index in [1.54, 1.807) is 36.4 Å². The highest BCUT2D eigenvalue weighted by Crippen LogP contribution is 2.39. The van der Waals surface area contributed by atoms with Crippen LogP contribution in [0.3, 0.4) is 0 Å². The smallest absolute Gasteiger partial charge is 0.179 e. The maximum absolute atomic E-state index is 10.7. The van der Waals surface area contributed by atoms with Crippen LogP contribution in [-0.2, 0) is 20.6 Å². The Morgan fingerprint density at radius 1 is 0.605 bits per heavy atom. The third-order valence-corrected chi connectivity index (χ3v) is 7.73. The average molecular weight is 549 g/mol. The molecule has 0 saturated carbocycles. The van der Waals surface area contributed by atoms with Crippen molar-refractivity contribution in [1.29, 1.82) is 10.5 Å². The van der Waals surface area contributed by atoms with Gasteiger partial charge >= 0.3 is 0 Å². The van der Waals surface area contributed by atoms with Gasteiger partial charge in [0.2, 0.25) is 0 Å². The molecule has 2 aromatic carbocycles. The lowest BCUT2D eigenvalue weighted by Crippen LogP contribution is -2.53. The molecule has 5 rings (SSSR count). The molecule has 3 heterocycles. The zero-order valence-corrected chi connectivity index (χ0v) is 22.2. The van der Waals surface area contributed by atoms with Crippen LogP contribution in [0.5, 0.6) is 0 Å². The number of rotatable bonds is 6.